The standard InChI is InChI=1S/C12H17F3N2O2S/c13-12(14,15)20-8-7-17-6-3-9(18)16-11(10(17)19)4-1-2-5-11/h1-8H2,(H,16,18). The Bertz CT molecular complexity index is 395. The first-order valence-electron chi connectivity index (χ1n) is 6.63. The van der Waals surface area contributed by atoms with Crippen molar-refractivity contribution in [3.63, 3.8) is 0 Å². The topological polar surface area (TPSA) is 49.4 Å². The van der Waals surface area contributed by atoms with Gasteiger partial charge in [0.25, 0.3) is 0 Å². The molecule has 2 aliphatic rings. The third-order valence-corrected chi connectivity index (χ3v) is 4.48. The Morgan fingerprint density at radius 1 is 1.25 bits per heavy atom. The van der Waals surface area contributed by atoms with E-state index in [2.05, 4.69) is 5.32 Å². The number of rotatable bonds is 3. The van der Waals surface area contributed by atoms with Crippen LogP contribution in [0.3, 0.4) is 0 Å². The molecule has 1 saturated carbocycles. The number of halogens is 3. The number of alkyl halides is 3. The fraction of sp³-hybridized carbons (Fsp3) is 0.833. The highest BCUT2D eigenvalue weighted by atomic mass is 32.2. The van der Waals surface area contributed by atoms with Gasteiger partial charge >= 0.3 is 5.51 Å². The Balaban J connectivity index is 2.01. The number of hydrogen-bond donors (Lipinski definition) is 1. The zero-order valence-corrected chi connectivity index (χ0v) is 11.8. The van der Waals surface area contributed by atoms with Crippen LogP contribution < -0.4 is 5.32 Å². The number of amides is 2. The largest absolute Gasteiger partial charge is 0.441 e. The first-order chi connectivity index (χ1) is 9.32. The highest BCUT2D eigenvalue weighted by Gasteiger charge is 2.46. The first kappa shape index (κ1) is 15.5. The molecule has 0 radical (unpaired) electrons. The SMILES string of the molecule is O=C1CCN(CCSC(F)(F)F)C(=O)C2(CCCC2)N1. The van der Waals surface area contributed by atoms with Gasteiger partial charge in [0.1, 0.15) is 5.54 Å². The van der Waals surface area contributed by atoms with Gasteiger partial charge in [0, 0.05) is 25.3 Å². The molecule has 1 saturated heterocycles. The van der Waals surface area contributed by atoms with Gasteiger partial charge in [0.05, 0.1) is 0 Å². The number of thioether (sulfide) groups is 1. The fourth-order valence-corrected chi connectivity index (χ4v) is 3.37. The molecule has 1 spiro atoms. The van der Waals surface area contributed by atoms with Gasteiger partial charge in [0.2, 0.25) is 11.8 Å². The Morgan fingerprint density at radius 2 is 1.90 bits per heavy atom. The van der Waals surface area contributed by atoms with Crippen molar-refractivity contribution < 1.29 is 22.8 Å². The predicted molar refractivity (Wildman–Crippen MR) is 69.1 cm³/mol. The van der Waals surface area contributed by atoms with Crippen LogP contribution in [0.2, 0.25) is 0 Å². The minimum Gasteiger partial charge on any atom is -0.342 e. The van der Waals surface area contributed by atoms with Crippen LogP contribution in [0.4, 0.5) is 13.2 Å². The molecule has 2 fully saturated rings. The van der Waals surface area contributed by atoms with E-state index in [1.165, 1.54) is 4.90 Å². The van der Waals surface area contributed by atoms with E-state index < -0.39 is 11.0 Å². The van der Waals surface area contributed by atoms with E-state index in [4.69, 9.17) is 0 Å². The molecule has 2 rings (SSSR count). The van der Waals surface area contributed by atoms with Crippen LogP contribution in [-0.2, 0) is 9.59 Å². The van der Waals surface area contributed by atoms with E-state index in [-0.39, 0.29) is 48.8 Å². The van der Waals surface area contributed by atoms with E-state index in [0.717, 1.165) is 12.8 Å². The van der Waals surface area contributed by atoms with Crippen LogP contribution in [0.25, 0.3) is 0 Å². The molecule has 114 valence electrons. The van der Waals surface area contributed by atoms with Gasteiger partial charge in [-0.3, -0.25) is 9.59 Å². The normalized spacial score (nSPS) is 23.1. The van der Waals surface area contributed by atoms with Gasteiger partial charge < -0.3 is 10.2 Å². The lowest BCUT2D eigenvalue weighted by Gasteiger charge is -2.31. The summed E-state index contributed by atoms with van der Waals surface area (Å²) in [6, 6.07) is 0. The molecule has 4 nitrogen and oxygen atoms in total. The molecule has 20 heavy (non-hydrogen) atoms. The average molecular weight is 310 g/mol. The van der Waals surface area contributed by atoms with Crippen LogP contribution in [0.1, 0.15) is 32.1 Å². The van der Waals surface area contributed by atoms with Gasteiger partial charge in [0.15, 0.2) is 0 Å². The van der Waals surface area contributed by atoms with E-state index in [9.17, 15) is 22.8 Å². The third kappa shape index (κ3) is 3.59. The smallest absolute Gasteiger partial charge is 0.342 e. The summed E-state index contributed by atoms with van der Waals surface area (Å²) in [6.07, 6.45) is 3.04. The Hall–Kier alpha value is -0.920. The van der Waals surface area contributed by atoms with Crippen LogP contribution in [0.15, 0.2) is 0 Å². The van der Waals surface area contributed by atoms with Gasteiger partial charge in [-0.15, -0.1) is 0 Å². The Morgan fingerprint density at radius 3 is 2.50 bits per heavy atom. The van der Waals surface area contributed by atoms with E-state index in [1.54, 1.807) is 0 Å². The van der Waals surface area contributed by atoms with Crippen molar-refractivity contribution in [2.24, 2.45) is 0 Å². The maximum Gasteiger partial charge on any atom is 0.441 e. The van der Waals surface area contributed by atoms with Gasteiger partial charge in [-0.2, -0.15) is 13.2 Å². The zero-order chi connectivity index (χ0) is 14.8. The van der Waals surface area contributed by atoms with Crippen molar-refractivity contribution in [3.8, 4) is 0 Å². The Labute approximate surface area is 119 Å². The number of carbonyl (C=O) groups is 2. The van der Waals surface area contributed by atoms with Crippen LogP contribution in [0.5, 0.6) is 0 Å². The Kier molecular flexibility index (Phi) is 4.51. The lowest BCUT2D eigenvalue weighted by Crippen LogP contribution is -2.55. The molecule has 1 N–H and O–H groups in total. The summed E-state index contributed by atoms with van der Waals surface area (Å²) in [5.74, 6) is -0.602. The second kappa shape index (κ2) is 5.83. The third-order valence-electron chi connectivity index (χ3n) is 3.77. The maximum absolute atomic E-state index is 12.5. The molecule has 0 unspecified atom stereocenters. The molecule has 1 aliphatic heterocycles. The van der Waals surface area contributed by atoms with Crippen molar-refractivity contribution in [2.75, 3.05) is 18.8 Å². The molecule has 1 aliphatic carbocycles. The van der Waals surface area contributed by atoms with Crippen molar-refractivity contribution in [2.45, 2.75) is 43.2 Å². The van der Waals surface area contributed by atoms with Gasteiger partial charge in [-0.25, -0.2) is 0 Å². The highest BCUT2D eigenvalue weighted by Crippen LogP contribution is 2.34. The second-order valence-corrected chi connectivity index (χ2v) is 6.33. The maximum atomic E-state index is 12.5. The average Bonchev–Trinajstić information content (AvgIpc) is 2.76. The van der Waals surface area contributed by atoms with Gasteiger partial charge in [-0.05, 0) is 24.6 Å². The van der Waals surface area contributed by atoms with Gasteiger partial charge in [-0.1, -0.05) is 12.8 Å². The molecule has 1 heterocycles. The zero-order valence-electron chi connectivity index (χ0n) is 11.0. The summed E-state index contributed by atoms with van der Waals surface area (Å²) >= 11 is -0.131. The molecule has 0 aromatic carbocycles. The fourth-order valence-electron chi connectivity index (χ4n) is 2.83. The number of hydrogen-bond acceptors (Lipinski definition) is 3. The second-order valence-electron chi connectivity index (χ2n) is 5.17. The summed E-state index contributed by atoms with van der Waals surface area (Å²) < 4.78 is 36.4. The number of nitrogens with one attached hydrogen (secondary N) is 1. The summed E-state index contributed by atoms with van der Waals surface area (Å²) in [5.41, 5.74) is -5.15. The molecular formula is C12H17F3N2O2S. The molecule has 0 bridgehead atoms. The lowest BCUT2D eigenvalue weighted by atomic mass is 9.96. The summed E-state index contributed by atoms with van der Waals surface area (Å²) in [4.78, 5) is 25.6. The van der Waals surface area contributed by atoms with Crippen molar-refractivity contribution in [3.05, 3.63) is 0 Å². The predicted octanol–water partition coefficient (Wildman–Crippen LogP) is 1.90. The van der Waals surface area contributed by atoms with E-state index in [1.807, 2.05) is 0 Å². The quantitative estimate of drug-likeness (QED) is 0.866. The van der Waals surface area contributed by atoms with Crippen molar-refractivity contribution >= 4 is 23.6 Å². The summed E-state index contributed by atoms with van der Waals surface area (Å²) in [7, 11) is 0. The molecule has 0 atom stereocenters. The number of nitrogens with zero attached hydrogens (tertiary/aromatic N) is 1. The lowest BCUT2D eigenvalue weighted by molar-refractivity contribution is -0.138. The number of carbonyl (C=O) groups excluding carboxylic acids is 2. The molecule has 8 heteroatoms. The molecular weight excluding hydrogens is 293 g/mol. The molecule has 2 amide bonds. The van der Waals surface area contributed by atoms with Crippen LogP contribution >= 0.6 is 11.8 Å². The highest BCUT2D eigenvalue weighted by molar-refractivity contribution is 8.00. The molecule has 0 aromatic heterocycles. The van der Waals surface area contributed by atoms with E-state index >= 15 is 0 Å². The van der Waals surface area contributed by atoms with E-state index in [0.29, 0.717) is 12.8 Å². The first-order valence-corrected chi connectivity index (χ1v) is 7.62. The minimum atomic E-state index is -4.28. The summed E-state index contributed by atoms with van der Waals surface area (Å²) in [5, 5.41) is 2.78. The minimum absolute atomic E-state index is 0.0275. The van der Waals surface area contributed by atoms with Crippen molar-refractivity contribution in [1.82, 2.24) is 10.2 Å². The summed E-state index contributed by atoms with van der Waals surface area (Å²) in [6.45, 7) is 0.227. The van der Waals surface area contributed by atoms with Crippen molar-refractivity contribution in [1.29, 1.82) is 0 Å². The van der Waals surface area contributed by atoms with Crippen LogP contribution in [0, 0.1) is 0 Å². The molecule has 0 aromatic rings. The monoisotopic (exact) mass is 310 g/mol. The van der Waals surface area contributed by atoms with Crippen LogP contribution in [-0.4, -0.2) is 46.6 Å².